The second-order valence-electron chi connectivity index (χ2n) is 5.78. The van der Waals surface area contributed by atoms with Gasteiger partial charge >= 0.3 is 0 Å². The van der Waals surface area contributed by atoms with E-state index in [9.17, 15) is 0 Å². The van der Waals surface area contributed by atoms with Gasteiger partial charge in [-0.3, -0.25) is 0 Å². The third-order valence-corrected chi connectivity index (χ3v) is 3.16. The highest BCUT2D eigenvalue weighted by Crippen LogP contribution is 2.13. The Labute approximate surface area is 105 Å². The number of imidazole rings is 1. The number of likely N-dealkylation sites (N-methyl/N-ethyl adjacent to an activating group) is 1. The summed E-state index contributed by atoms with van der Waals surface area (Å²) < 4.78 is 2.16. The van der Waals surface area contributed by atoms with Gasteiger partial charge in [-0.05, 0) is 27.9 Å². The fourth-order valence-electron chi connectivity index (χ4n) is 1.48. The number of hydrogen-bond donors (Lipinski definition) is 1. The van der Waals surface area contributed by atoms with Gasteiger partial charge in [-0.15, -0.1) is 0 Å². The first-order chi connectivity index (χ1) is 7.81. The summed E-state index contributed by atoms with van der Waals surface area (Å²) in [5.74, 6) is 0. The minimum Gasteiger partial charge on any atom is -0.335 e. The molecule has 0 aliphatic heterocycles. The number of nitrogens with one attached hydrogen (secondary N) is 1. The summed E-state index contributed by atoms with van der Waals surface area (Å²) in [4.78, 5) is 6.65. The van der Waals surface area contributed by atoms with Crippen LogP contribution in [0.1, 0.15) is 33.4 Å². The fourth-order valence-corrected chi connectivity index (χ4v) is 1.48. The van der Waals surface area contributed by atoms with Crippen molar-refractivity contribution in [3.8, 4) is 0 Å². The molecule has 0 saturated heterocycles. The van der Waals surface area contributed by atoms with Gasteiger partial charge in [0.1, 0.15) is 0 Å². The Bertz CT molecular complexity index is 339. The second-order valence-corrected chi connectivity index (χ2v) is 5.78. The Hall–Kier alpha value is -0.870. The van der Waals surface area contributed by atoms with Crippen LogP contribution in [0.25, 0.3) is 0 Å². The lowest BCUT2D eigenvalue weighted by Crippen LogP contribution is -2.41. The van der Waals surface area contributed by atoms with Crippen LogP contribution in [0, 0.1) is 0 Å². The summed E-state index contributed by atoms with van der Waals surface area (Å²) in [7, 11) is 4.22. The Balaban J connectivity index is 2.56. The molecule has 1 rings (SSSR count). The smallest absolute Gasteiger partial charge is 0.0950 e. The molecule has 1 N–H and O–H groups in total. The van der Waals surface area contributed by atoms with Crippen molar-refractivity contribution in [2.75, 3.05) is 14.1 Å². The zero-order valence-electron chi connectivity index (χ0n) is 12.0. The van der Waals surface area contributed by atoms with E-state index in [0.29, 0.717) is 6.04 Å². The minimum absolute atomic E-state index is 0.142. The van der Waals surface area contributed by atoms with Crippen LogP contribution in [-0.4, -0.2) is 40.1 Å². The molecule has 4 heteroatoms. The van der Waals surface area contributed by atoms with Gasteiger partial charge in [0.25, 0.3) is 0 Å². The molecule has 4 nitrogen and oxygen atoms in total. The van der Waals surface area contributed by atoms with E-state index in [0.717, 1.165) is 18.8 Å². The average molecular weight is 238 g/mol. The lowest BCUT2D eigenvalue weighted by molar-refractivity contribution is 0.169. The van der Waals surface area contributed by atoms with Crippen molar-refractivity contribution in [1.29, 1.82) is 0 Å². The van der Waals surface area contributed by atoms with Crippen molar-refractivity contribution in [2.45, 2.75) is 52.4 Å². The second kappa shape index (κ2) is 5.65. The first-order valence-corrected chi connectivity index (χ1v) is 6.23. The monoisotopic (exact) mass is 238 g/mol. The number of aromatic nitrogens is 2. The first kappa shape index (κ1) is 14.2. The molecular formula is C13H26N4. The van der Waals surface area contributed by atoms with Gasteiger partial charge in [0.05, 0.1) is 12.0 Å². The zero-order valence-corrected chi connectivity index (χ0v) is 12.0. The number of nitrogens with zero attached hydrogens (tertiary/aromatic N) is 3. The lowest BCUT2D eigenvalue weighted by Gasteiger charge is -2.32. The van der Waals surface area contributed by atoms with E-state index < -0.39 is 0 Å². The molecular weight excluding hydrogens is 212 g/mol. The molecule has 1 aromatic heterocycles. The molecule has 0 fully saturated rings. The highest BCUT2D eigenvalue weighted by molar-refractivity contribution is 4.97. The molecule has 1 heterocycles. The summed E-state index contributed by atoms with van der Waals surface area (Å²) in [5.41, 5.74) is 1.25. The van der Waals surface area contributed by atoms with Gasteiger partial charge in [0, 0.05) is 30.9 Å². The van der Waals surface area contributed by atoms with Crippen LogP contribution < -0.4 is 5.32 Å². The van der Waals surface area contributed by atoms with Crippen molar-refractivity contribution in [2.24, 2.45) is 0 Å². The van der Waals surface area contributed by atoms with Crippen molar-refractivity contribution in [3.05, 3.63) is 18.2 Å². The van der Waals surface area contributed by atoms with Crippen LogP contribution in [-0.2, 0) is 13.1 Å². The van der Waals surface area contributed by atoms with E-state index in [1.54, 1.807) is 0 Å². The Kier molecular flexibility index (Phi) is 4.71. The minimum atomic E-state index is 0.142. The van der Waals surface area contributed by atoms with Gasteiger partial charge in [-0.1, -0.05) is 13.8 Å². The van der Waals surface area contributed by atoms with Crippen LogP contribution in [0.5, 0.6) is 0 Å². The van der Waals surface area contributed by atoms with Gasteiger partial charge in [0.2, 0.25) is 0 Å². The predicted molar refractivity (Wildman–Crippen MR) is 72.0 cm³/mol. The van der Waals surface area contributed by atoms with Gasteiger partial charge in [0.15, 0.2) is 0 Å². The average Bonchev–Trinajstić information content (AvgIpc) is 2.61. The molecule has 0 spiro atoms. The molecule has 0 radical (unpaired) electrons. The predicted octanol–water partition coefficient (Wildman–Crippen LogP) is 1.72. The van der Waals surface area contributed by atoms with Crippen molar-refractivity contribution < 1.29 is 0 Å². The summed E-state index contributed by atoms with van der Waals surface area (Å²) in [6.07, 6.45) is 4.04. The molecule has 0 aliphatic rings. The quantitative estimate of drug-likeness (QED) is 0.819. The molecule has 1 aromatic rings. The maximum atomic E-state index is 4.41. The lowest BCUT2D eigenvalue weighted by atomic mass is 10.0. The Morgan fingerprint density at radius 2 is 2.06 bits per heavy atom. The molecule has 17 heavy (non-hydrogen) atoms. The fraction of sp³-hybridized carbons (Fsp3) is 0.769. The van der Waals surface area contributed by atoms with Crippen LogP contribution in [0.4, 0.5) is 0 Å². The van der Waals surface area contributed by atoms with E-state index in [2.05, 4.69) is 67.8 Å². The van der Waals surface area contributed by atoms with Gasteiger partial charge in [-0.2, -0.15) is 0 Å². The molecule has 0 aromatic carbocycles. The topological polar surface area (TPSA) is 33.1 Å². The molecule has 98 valence electrons. The molecule has 0 atom stereocenters. The molecule has 0 bridgehead atoms. The zero-order chi connectivity index (χ0) is 13.1. The summed E-state index contributed by atoms with van der Waals surface area (Å²) in [6, 6.07) is 0.498. The largest absolute Gasteiger partial charge is 0.335 e. The number of rotatable bonds is 6. The molecule has 0 amide bonds. The van der Waals surface area contributed by atoms with E-state index in [1.165, 1.54) is 0 Å². The standard InChI is InChI=1S/C13H26N4/c1-11(2)14-7-12-8-17(10-15-12)9-13(3,4)16(5)6/h8,10-11,14H,7,9H2,1-6H3. The third kappa shape index (κ3) is 4.48. The van der Waals surface area contributed by atoms with Gasteiger partial charge in [-0.25, -0.2) is 4.98 Å². The van der Waals surface area contributed by atoms with Gasteiger partial charge < -0.3 is 14.8 Å². The molecule has 0 saturated carbocycles. The summed E-state index contributed by atoms with van der Waals surface area (Å²) >= 11 is 0. The molecule has 0 aliphatic carbocycles. The first-order valence-electron chi connectivity index (χ1n) is 6.23. The van der Waals surface area contributed by atoms with E-state index in [-0.39, 0.29) is 5.54 Å². The third-order valence-electron chi connectivity index (χ3n) is 3.16. The summed E-state index contributed by atoms with van der Waals surface area (Å²) in [6.45, 7) is 10.6. The van der Waals surface area contributed by atoms with Crippen LogP contribution in [0.3, 0.4) is 0 Å². The Morgan fingerprint density at radius 1 is 1.41 bits per heavy atom. The highest BCUT2D eigenvalue weighted by atomic mass is 15.2. The summed E-state index contributed by atoms with van der Waals surface area (Å²) in [5, 5.41) is 3.37. The van der Waals surface area contributed by atoms with Crippen molar-refractivity contribution in [3.63, 3.8) is 0 Å². The van der Waals surface area contributed by atoms with E-state index in [1.807, 2.05) is 6.33 Å². The SMILES string of the molecule is CC(C)NCc1cn(CC(C)(C)N(C)C)cn1. The normalized spacial score (nSPS) is 12.7. The maximum absolute atomic E-state index is 4.41. The van der Waals surface area contributed by atoms with Crippen molar-refractivity contribution in [1.82, 2.24) is 19.8 Å². The molecule has 0 unspecified atom stereocenters. The maximum Gasteiger partial charge on any atom is 0.0950 e. The van der Waals surface area contributed by atoms with Crippen LogP contribution in [0.15, 0.2) is 12.5 Å². The highest BCUT2D eigenvalue weighted by Gasteiger charge is 2.20. The van der Waals surface area contributed by atoms with E-state index >= 15 is 0 Å². The van der Waals surface area contributed by atoms with E-state index in [4.69, 9.17) is 0 Å². The van der Waals surface area contributed by atoms with Crippen LogP contribution >= 0.6 is 0 Å². The number of hydrogen-bond acceptors (Lipinski definition) is 3. The Morgan fingerprint density at radius 3 is 2.59 bits per heavy atom. The van der Waals surface area contributed by atoms with Crippen molar-refractivity contribution >= 4 is 0 Å². The van der Waals surface area contributed by atoms with Crippen LogP contribution in [0.2, 0.25) is 0 Å².